The first kappa shape index (κ1) is 24.3. The number of benzene rings is 3. The maximum atomic E-state index is 10.9. The minimum absolute atomic E-state index is 0.298. The molecule has 2 aliphatic rings. The zero-order chi connectivity index (χ0) is 25.1. The van der Waals surface area contributed by atoms with E-state index in [0.29, 0.717) is 15.7 Å². The van der Waals surface area contributed by atoms with Crippen LogP contribution in [0.3, 0.4) is 0 Å². The highest BCUT2D eigenvalue weighted by Crippen LogP contribution is 2.63. The first-order valence-corrected chi connectivity index (χ1v) is 12.7. The van der Waals surface area contributed by atoms with Gasteiger partial charge in [-0.1, -0.05) is 71.7 Å². The van der Waals surface area contributed by atoms with Crippen molar-refractivity contribution in [3.63, 3.8) is 0 Å². The van der Waals surface area contributed by atoms with Crippen LogP contribution in [0.4, 0.5) is 11.4 Å². The summed E-state index contributed by atoms with van der Waals surface area (Å²) in [6, 6.07) is 17.9. The van der Waals surface area contributed by atoms with Gasteiger partial charge in [-0.2, -0.15) is 0 Å². The van der Waals surface area contributed by atoms with E-state index in [1.807, 2.05) is 43.3 Å². The monoisotopic (exact) mass is 524 g/mol. The lowest BCUT2D eigenvalue weighted by atomic mass is 10.1. The van der Waals surface area contributed by atoms with Gasteiger partial charge >= 0.3 is 0 Å². The summed E-state index contributed by atoms with van der Waals surface area (Å²) in [5.74, 6) is -0.661. The number of anilines is 2. The van der Waals surface area contributed by atoms with Crippen molar-refractivity contribution in [3.8, 4) is 0 Å². The molecule has 180 valence electrons. The van der Waals surface area contributed by atoms with Crippen LogP contribution in [0, 0.1) is 19.8 Å². The lowest BCUT2D eigenvalue weighted by molar-refractivity contribution is 0.219. The number of hydrogen-bond acceptors (Lipinski definition) is 3. The van der Waals surface area contributed by atoms with Crippen molar-refractivity contribution in [2.75, 3.05) is 16.8 Å². The molecule has 3 atom stereocenters. The van der Waals surface area contributed by atoms with Gasteiger partial charge in [-0.05, 0) is 73.4 Å². The summed E-state index contributed by atoms with van der Waals surface area (Å²) in [5, 5.41) is 14.0. The molecule has 1 aliphatic heterocycles. The number of alkyl halides is 1. The van der Waals surface area contributed by atoms with Crippen LogP contribution >= 0.6 is 34.8 Å². The highest BCUT2D eigenvalue weighted by atomic mass is 35.5. The van der Waals surface area contributed by atoms with E-state index < -0.39 is 5.06 Å². The van der Waals surface area contributed by atoms with Crippen LogP contribution in [-0.2, 0) is 6.42 Å². The molecule has 1 aliphatic carbocycles. The van der Waals surface area contributed by atoms with E-state index in [4.69, 9.17) is 34.8 Å². The van der Waals surface area contributed by atoms with Crippen LogP contribution in [0.5, 0.6) is 0 Å². The minimum Gasteiger partial charge on any atom is -0.374 e. The topological polar surface area (TPSA) is 35.5 Å². The van der Waals surface area contributed by atoms with E-state index in [1.54, 1.807) is 0 Å². The number of halogens is 3. The van der Waals surface area contributed by atoms with Gasteiger partial charge in [0.05, 0.1) is 10.9 Å². The van der Waals surface area contributed by atoms with Gasteiger partial charge in [0, 0.05) is 45.8 Å². The normalized spacial score (nSPS) is 22.6. The molecule has 35 heavy (non-hydrogen) atoms. The van der Waals surface area contributed by atoms with E-state index in [9.17, 15) is 5.11 Å². The van der Waals surface area contributed by atoms with Gasteiger partial charge in [0.25, 0.3) is 0 Å². The third-order valence-corrected chi connectivity index (χ3v) is 7.95. The lowest BCUT2D eigenvalue weighted by Crippen LogP contribution is -2.18. The minimum atomic E-state index is -1.42. The van der Waals surface area contributed by atoms with Crippen LogP contribution in [0.15, 0.2) is 73.5 Å². The number of aliphatic hydroxyl groups is 1. The van der Waals surface area contributed by atoms with Crippen molar-refractivity contribution in [3.05, 3.63) is 111 Å². The molecule has 3 aromatic rings. The Balaban J connectivity index is 1.36. The van der Waals surface area contributed by atoms with Crippen LogP contribution in [0.2, 0.25) is 10.0 Å². The summed E-state index contributed by atoms with van der Waals surface area (Å²) in [6.45, 7) is 13.5. The van der Waals surface area contributed by atoms with Gasteiger partial charge in [-0.25, -0.2) is 0 Å². The first-order chi connectivity index (χ1) is 16.6. The molecule has 1 fully saturated rings. The average molecular weight is 526 g/mol. The SMILES string of the molecule is C=C(Nc1ccc(Cl)c(C(=C)N2CCc3cc(C)ccc32)c1)C1C(c2cc(C)cc(Cl)c2)C1(O)Cl. The van der Waals surface area contributed by atoms with Crippen LogP contribution in [0.1, 0.15) is 33.7 Å². The third kappa shape index (κ3) is 4.47. The Morgan fingerprint density at radius 1 is 1.03 bits per heavy atom. The largest absolute Gasteiger partial charge is 0.374 e. The highest BCUT2D eigenvalue weighted by Gasteiger charge is 2.65. The van der Waals surface area contributed by atoms with Crippen LogP contribution in [0.25, 0.3) is 5.70 Å². The lowest BCUT2D eigenvalue weighted by Gasteiger charge is -2.24. The molecule has 0 spiro atoms. The predicted molar refractivity (Wildman–Crippen MR) is 149 cm³/mol. The second-order valence-electron chi connectivity index (χ2n) is 9.57. The molecule has 1 saturated carbocycles. The third-order valence-electron chi connectivity index (χ3n) is 6.93. The summed E-state index contributed by atoms with van der Waals surface area (Å²) in [7, 11) is 0. The summed E-state index contributed by atoms with van der Waals surface area (Å²) in [4.78, 5) is 2.21. The summed E-state index contributed by atoms with van der Waals surface area (Å²) >= 11 is 19.3. The molecular weight excluding hydrogens is 499 g/mol. The van der Waals surface area contributed by atoms with Gasteiger partial charge in [-0.15, -0.1) is 0 Å². The Morgan fingerprint density at radius 2 is 1.80 bits per heavy atom. The Kier molecular flexibility index (Phi) is 6.17. The molecule has 1 heterocycles. The first-order valence-electron chi connectivity index (χ1n) is 11.6. The maximum absolute atomic E-state index is 10.9. The fraction of sp³-hybridized carbons (Fsp3) is 0.241. The molecule has 3 aromatic carbocycles. The quantitative estimate of drug-likeness (QED) is 0.321. The van der Waals surface area contributed by atoms with E-state index >= 15 is 0 Å². The summed E-state index contributed by atoms with van der Waals surface area (Å²) in [5.41, 5.74) is 8.79. The van der Waals surface area contributed by atoms with Crippen molar-refractivity contribution in [1.82, 2.24) is 0 Å². The molecule has 0 radical (unpaired) electrons. The van der Waals surface area contributed by atoms with Crippen molar-refractivity contribution in [1.29, 1.82) is 0 Å². The number of nitrogens with one attached hydrogen (secondary N) is 1. The van der Waals surface area contributed by atoms with Gasteiger partial charge < -0.3 is 15.3 Å². The van der Waals surface area contributed by atoms with E-state index in [0.717, 1.165) is 41.0 Å². The predicted octanol–water partition coefficient (Wildman–Crippen LogP) is 7.91. The van der Waals surface area contributed by atoms with E-state index in [2.05, 4.69) is 48.5 Å². The second kappa shape index (κ2) is 8.90. The number of hydrogen-bond donors (Lipinski definition) is 2. The zero-order valence-corrected chi connectivity index (χ0v) is 22.0. The van der Waals surface area contributed by atoms with E-state index in [-0.39, 0.29) is 11.8 Å². The van der Waals surface area contributed by atoms with Gasteiger partial charge in [-0.3, -0.25) is 0 Å². The second-order valence-corrected chi connectivity index (χ2v) is 11.0. The van der Waals surface area contributed by atoms with Gasteiger partial charge in [0.1, 0.15) is 0 Å². The number of rotatable bonds is 6. The fourth-order valence-corrected chi connectivity index (χ4v) is 6.18. The molecule has 6 heteroatoms. The molecule has 3 unspecified atom stereocenters. The van der Waals surface area contributed by atoms with Crippen molar-refractivity contribution in [2.45, 2.75) is 31.2 Å². The molecule has 0 aromatic heterocycles. The number of aryl methyl sites for hydroxylation is 2. The Labute approximate surface area is 221 Å². The molecule has 3 nitrogen and oxygen atoms in total. The molecule has 2 N–H and O–H groups in total. The van der Waals surface area contributed by atoms with Crippen molar-refractivity contribution >= 4 is 51.9 Å². The molecule has 0 saturated heterocycles. The van der Waals surface area contributed by atoms with Crippen LogP contribution < -0.4 is 10.2 Å². The molecule has 0 amide bonds. The average Bonchev–Trinajstić information content (AvgIpc) is 3.14. The molecular formula is C29H27Cl3N2O. The van der Waals surface area contributed by atoms with Crippen molar-refractivity contribution in [2.24, 2.45) is 5.92 Å². The zero-order valence-electron chi connectivity index (χ0n) is 19.7. The maximum Gasteiger partial charge on any atom is 0.155 e. The Hall–Kier alpha value is -2.43. The Morgan fingerprint density at radius 3 is 2.54 bits per heavy atom. The summed E-state index contributed by atoms with van der Waals surface area (Å²) in [6.07, 6.45) is 0.975. The fourth-order valence-electron chi connectivity index (χ4n) is 5.20. The van der Waals surface area contributed by atoms with Crippen LogP contribution in [-0.4, -0.2) is 16.7 Å². The van der Waals surface area contributed by atoms with Gasteiger partial charge in [0.2, 0.25) is 0 Å². The number of nitrogens with zero attached hydrogens (tertiary/aromatic N) is 1. The van der Waals surface area contributed by atoms with Gasteiger partial charge in [0.15, 0.2) is 5.06 Å². The smallest absolute Gasteiger partial charge is 0.155 e. The summed E-state index contributed by atoms with van der Waals surface area (Å²) < 4.78 is 0. The highest BCUT2D eigenvalue weighted by molar-refractivity contribution is 6.32. The number of fused-ring (bicyclic) bond motifs is 1. The Bertz CT molecular complexity index is 1340. The standard InChI is InChI=1S/C29H27Cl3N2O/c1-16-5-8-26-20(11-16)9-10-34(26)19(4)24-15-23(6-7-25(24)31)33-18(3)27-28(29(27,32)35)21-12-17(2)13-22(30)14-21/h5-8,11-15,27-28,33,35H,3-4,9-10H2,1-2H3. The van der Waals surface area contributed by atoms with Crippen molar-refractivity contribution < 1.29 is 5.11 Å². The van der Waals surface area contributed by atoms with E-state index in [1.165, 1.54) is 16.8 Å². The molecule has 0 bridgehead atoms. The molecule has 5 rings (SSSR count).